The van der Waals surface area contributed by atoms with Gasteiger partial charge in [0.1, 0.15) is 6.61 Å². The molecule has 0 aromatic carbocycles. The van der Waals surface area contributed by atoms with Crippen molar-refractivity contribution in [1.82, 2.24) is 0 Å². The van der Waals surface area contributed by atoms with Gasteiger partial charge in [-0.25, -0.2) is 0 Å². The van der Waals surface area contributed by atoms with E-state index in [2.05, 4.69) is 13.8 Å². The fraction of sp³-hybridized carbons (Fsp3) is 0.951. The maximum atomic E-state index is 12.8. The van der Waals surface area contributed by atoms with Crippen LogP contribution in [0.2, 0.25) is 0 Å². The lowest BCUT2D eigenvalue weighted by Gasteiger charge is -2.33. The van der Waals surface area contributed by atoms with Crippen molar-refractivity contribution in [2.75, 3.05) is 33.5 Å². The van der Waals surface area contributed by atoms with E-state index < -0.39 is 11.7 Å². The number of rotatable bonds is 36. The molecule has 0 aliphatic rings. The standard InChI is InChI=1S/C41H80O7/c1-8-10-12-14-16-18-20-22-24-26-28-30-38(42)45-34-37(35-46-41(5,6)36-47-40(3,4)32-33-44-7)48-39(43)31-29-27-25-23-21-19-17-15-13-11-9-2/h37H,8-36H2,1-7H3. The summed E-state index contributed by atoms with van der Waals surface area (Å²) in [6.07, 6.45) is 28.0. The Balaban J connectivity index is 4.56. The third-order valence-corrected chi connectivity index (χ3v) is 9.08. The Morgan fingerprint density at radius 1 is 0.521 bits per heavy atom. The van der Waals surface area contributed by atoms with Gasteiger partial charge < -0.3 is 23.7 Å². The van der Waals surface area contributed by atoms with E-state index in [1.54, 1.807) is 7.11 Å². The van der Waals surface area contributed by atoms with Crippen LogP contribution in [-0.2, 0) is 33.3 Å². The van der Waals surface area contributed by atoms with Crippen LogP contribution in [0.4, 0.5) is 0 Å². The largest absolute Gasteiger partial charge is 0.462 e. The highest BCUT2D eigenvalue weighted by Gasteiger charge is 2.28. The molecule has 7 nitrogen and oxygen atoms in total. The number of hydrogen-bond acceptors (Lipinski definition) is 7. The van der Waals surface area contributed by atoms with Gasteiger partial charge in [0.25, 0.3) is 0 Å². The number of hydrogen-bond donors (Lipinski definition) is 0. The lowest BCUT2D eigenvalue weighted by atomic mass is 10.0. The van der Waals surface area contributed by atoms with Gasteiger partial charge in [0, 0.05) is 26.6 Å². The van der Waals surface area contributed by atoms with E-state index in [1.807, 2.05) is 27.7 Å². The van der Waals surface area contributed by atoms with Crippen molar-refractivity contribution in [3.8, 4) is 0 Å². The molecule has 0 aliphatic carbocycles. The molecule has 0 bridgehead atoms. The summed E-state index contributed by atoms with van der Waals surface area (Å²) in [5, 5.41) is 0. The predicted octanol–water partition coefficient (Wildman–Crippen LogP) is 11.5. The van der Waals surface area contributed by atoms with Crippen LogP contribution in [0.15, 0.2) is 0 Å². The molecule has 0 radical (unpaired) electrons. The topological polar surface area (TPSA) is 80.3 Å². The molecule has 0 aromatic heterocycles. The smallest absolute Gasteiger partial charge is 0.306 e. The SMILES string of the molecule is CCCCCCCCCCCCCC(=O)OCC(COC(C)(C)COC(C)(C)CCOC)OC(=O)CCCCCCCCCCCCC. The zero-order chi connectivity index (χ0) is 35.8. The van der Waals surface area contributed by atoms with Gasteiger partial charge in [-0.2, -0.15) is 0 Å². The maximum Gasteiger partial charge on any atom is 0.306 e. The highest BCUT2D eigenvalue weighted by Crippen LogP contribution is 2.20. The van der Waals surface area contributed by atoms with Crippen LogP contribution in [0.3, 0.4) is 0 Å². The summed E-state index contributed by atoms with van der Waals surface area (Å²) < 4.78 is 28.9. The van der Waals surface area contributed by atoms with Crippen LogP contribution < -0.4 is 0 Å². The minimum absolute atomic E-state index is 0.0110. The van der Waals surface area contributed by atoms with E-state index in [-0.39, 0.29) is 30.8 Å². The number of methoxy groups -OCH3 is 1. The van der Waals surface area contributed by atoms with Gasteiger partial charge in [0.2, 0.25) is 0 Å². The molecule has 1 atom stereocenters. The van der Waals surface area contributed by atoms with Gasteiger partial charge in [-0.3, -0.25) is 9.59 Å². The molecule has 7 heteroatoms. The first kappa shape index (κ1) is 46.8. The summed E-state index contributed by atoms with van der Waals surface area (Å²) in [4.78, 5) is 25.3. The van der Waals surface area contributed by atoms with E-state index in [1.165, 1.54) is 103 Å². The Labute approximate surface area is 297 Å². The Kier molecular flexibility index (Phi) is 31.0. The van der Waals surface area contributed by atoms with E-state index in [0.29, 0.717) is 26.1 Å². The molecule has 0 aliphatic heterocycles. The Morgan fingerprint density at radius 2 is 0.938 bits per heavy atom. The summed E-state index contributed by atoms with van der Waals surface area (Å²) in [6, 6.07) is 0. The third kappa shape index (κ3) is 32.0. The Bertz CT molecular complexity index is 736. The second-order valence-electron chi connectivity index (χ2n) is 15.2. The van der Waals surface area contributed by atoms with Gasteiger partial charge in [-0.1, -0.05) is 142 Å². The maximum absolute atomic E-state index is 12.8. The van der Waals surface area contributed by atoms with E-state index in [4.69, 9.17) is 23.7 Å². The fourth-order valence-electron chi connectivity index (χ4n) is 5.64. The average Bonchev–Trinajstić information content (AvgIpc) is 3.05. The van der Waals surface area contributed by atoms with Gasteiger partial charge in [-0.15, -0.1) is 0 Å². The lowest BCUT2D eigenvalue weighted by Crippen LogP contribution is -2.40. The number of unbranched alkanes of at least 4 members (excludes halogenated alkanes) is 20. The van der Waals surface area contributed by atoms with E-state index >= 15 is 0 Å². The molecule has 0 spiro atoms. The highest BCUT2D eigenvalue weighted by molar-refractivity contribution is 5.70. The average molecular weight is 685 g/mol. The molecule has 0 N–H and O–H groups in total. The van der Waals surface area contributed by atoms with Crippen molar-refractivity contribution in [3.63, 3.8) is 0 Å². The zero-order valence-electron chi connectivity index (χ0n) is 32.9. The van der Waals surface area contributed by atoms with Crippen LogP contribution in [0.25, 0.3) is 0 Å². The summed E-state index contributed by atoms with van der Waals surface area (Å²) in [6.45, 7) is 13.7. The molecule has 0 amide bonds. The molecule has 286 valence electrons. The molecule has 1 unspecified atom stereocenters. The van der Waals surface area contributed by atoms with Crippen molar-refractivity contribution >= 4 is 11.9 Å². The van der Waals surface area contributed by atoms with Gasteiger partial charge in [0.15, 0.2) is 6.10 Å². The molecule has 0 saturated heterocycles. The summed E-state index contributed by atoms with van der Waals surface area (Å²) in [7, 11) is 1.69. The lowest BCUT2D eigenvalue weighted by molar-refractivity contribution is -0.173. The molecular formula is C41H80O7. The normalized spacial score (nSPS) is 12.7. The number of ether oxygens (including phenoxy) is 5. The van der Waals surface area contributed by atoms with E-state index in [0.717, 1.165) is 44.9 Å². The molecule has 48 heavy (non-hydrogen) atoms. The fourth-order valence-corrected chi connectivity index (χ4v) is 5.64. The van der Waals surface area contributed by atoms with Crippen molar-refractivity contribution in [1.29, 1.82) is 0 Å². The Hall–Kier alpha value is -1.18. The van der Waals surface area contributed by atoms with Crippen molar-refractivity contribution in [2.24, 2.45) is 0 Å². The van der Waals surface area contributed by atoms with Crippen LogP contribution in [0.5, 0.6) is 0 Å². The van der Waals surface area contributed by atoms with Crippen molar-refractivity contribution < 1.29 is 33.3 Å². The van der Waals surface area contributed by atoms with Gasteiger partial charge >= 0.3 is 11.9 Å². The highest BCUT2D eigenvalue weighted by atomic mass is 16.6. The van der Waals surface area contributed by atoms with Gasteiger partial charge in [-0.05, 0) is 47.0 Å². The first-order valence-electron chi connectivity index (χ1n) is 20.2. The second kappa shape index (κ2) is 31.8. The molecule has 0 fully saturated rings. The summed E-state index contributed by atoms with van der Waals surface area (Å²) >= 11 is 0. The monoisotopic (exact) mass is 685 g/mol. The summed E-state index contributed by atoms with van der Waals surface area (Å²) in [5.41, 5.74) is -0.953. The van der Waals surface area contributed by atoms with Crippen LogP contribution in [0, 0.1) is 0 Å². The first-order chi connectivity index (χ1) is 23.0. The second-order valence-corrected chi connectivity index (χ2v) is 15.2. The van der Waals surface area contributed by atoms with Crippen LogP contribution in [0.1, 0.15) is 202 Å². The molecule has 0 rings (SSSR count). The first-order valence-corrected chi connectivity index (χ1v) is 20.2. The van der Waals surface area contributed by atoms with Crippen LogP contribution in [-0.4, -0.2) is 62.8 Å². The Morgan fingerprint density at radius 3 is 1.38 bits per heavy atom. The minimum atomic E-state index is -0.646. The number of esters is 2. The van der Waals surface area contributed by atoms with Gasteiger partial charge in [0.05, 0.1) is 24.4 Å². The summed E-state index contributed by atoms with van der Waals surface area (Å²) in [5.74, 6) is -0.490. The van der Waals surface area contributed by atoms with Crippen molar-refractivity contribution in [3.05, 3.63) is 0 Å². The molecular weight excluding hydrogens is 604 g/mol. The number of carbonyl (C=O) groups excluding carboxylic acids is 2. The molecule has 0 aromatic rings. The quantitative estimate of drug-likeness (QED) is 0.0480. The van der Waals surface area contributed by atoms with E-state index in [9.17, 15) is 9.59 Å². The predicted molar refractivity (Wildman–Crippen MR) is 200 cm³/mol. The van der Waals surface area contributed by atoms with Crippen LogP contribution >= 0.6 is 0 Å². The number of carbonyl (C=O) groups is 2. The minimum Gasteiger partial charge on any atom is -0.462 e. The zero-order valence-corrected chi connectivity index (χ0v) is 32.9. The van der Waals surface area contributed by atoms with Crippen molar-refractivity contribution in [2.45, 2.75) is 219 Å². The third-order valence-electron chi connectivity index (χ3n) is 9.08. The molecule has 0 saturated carbocycles. The molecule has 0 heterocycles.